The average molecular weight is 542 g/mol. The Morgan fingerprint density at radius 2 is 1.15 bits per heavy atom. The van der Waals surface area contributed by atoms with Crippen molar-refractivity contribution in [2.75, 3.05) is 13.2 Å². The summed E-state index contributed by atoms with van der Waals surface area (Å²) >= 11 is 0. The highest BCUT2D eigenvalue weighted by Crippen LogP contribution is 2.22. The lowest BCUT2D eigenvalue weighted by atomic mass is 10.0. The molecule has 2 N–H and O–H groups in total. The van der Waals surface area contributed by atoms with Crippen molar-refractivity contribution in [1.82, 2.24) is 4.98 Å². The zero-order valence-electron chi connectivity index (χ0n) is 23.1. The maximum atomic E-state index is 6.24. The van der Waals surface area contributed by atoms with Crippen LogP contribution in [0.3, 0.4) is 0 Å². The van der Waals surface area contributed by atoms with Gasteiger partial charge in [0.05, 0.1) is 44.2 Å². The molecule has 0 saturated heterocycles. The number of nitrogens with two attached hydrogens (primary N) is 1. The van der Waals surface area contributed by atoms with Crippen molar-refractivity contribution in [3.05, 3.63) is 162 Å². The van der Waals surface area contributed by atoms with Crippen LogP contribution >= 0.6 is 0 Å². The maximum absolute atomic E-state index is 6.24. The van der Waals surface area contributed by atoms with Crippen LogP contribution in [0.2, 0.25) is 0 Å². The predicted octanol–water partition coefficient (Wildman–Crippen LogP) is 7.34. The Kier molecular flexibility index (Phi) is 10.2. The summed E-state index contributed by atoms with van der Waals surface area (Å²) in [7, 11) is 0. The Labute approximate surface area is 242 Å². The molecule has 0 fully saturated rings. The molecule has 1 heterocycles. The molecule has 0 spiro atoms. The van der Waals surface area contributed by atoms with Gasteiger partial charge in [0.15, 0.2) is 0 Å². The largest absolute Gasteiger partial charge is 0.375 e. The van der Waals surface area contributed by atoms with Crippen molar-refractivity contribution < 1.29 is 9.47 Å². The number of aromatic nitrogens is 1. The highest BCUT2D eigenvalue weighted by molar-refractivity contribution is 5.76. The van der Waals surface area contributed by atoms with Gasteiger partial charge in [-0.3, -0.25) is 9.98 Å². The fraction of sp³-hybridized carbons (Fsp3) is 0.167. The molecular weight excluding hydrogens is 506 g/mol. The molecule has 5 aromatic rings. The molecule has 0 aliphatic heterocycles. The molecule has 0 bridgehead atoms. The first-order valence-corrected chi connectivity index (χ1v) is 13.9. The Morgan fingerprint density at radius 1 is 0.610 bits per heavy atom. The number of nitrogens with zero attached hydrogens (tertiary/aromatic N) is 2. The normalized spacial score (nSPS) is 12.8. The van der Waals surface area contributed by atoms with Crippen molar-refractivity contribution in [2.45, 2.75) is 25.3 Å². The molecule has 0 aliphatic rings. The van der Waals surface area contributed by atoms with Crippen LogP contribution in [0.4, 0.5) is 0 Å². The van der Waals surface area contributed by atoms with E-state index in [1.165, 1.54) is 0 Å². The van der Waals surface area contributed by atoms with Gasteiger partial charge in [-0.05, 0) is 45.5 Å². The minimum Gasteiger partial charge on any atom is -0.375 e. The summed E-state index contributed by atoms with van der Waals surface area (Å²) in [6.07, 6.45) is 3.58. The van der Waals surface area contributed by atoms with Crippen LogP contribution in [0, 0.1) is 0 Å². The summed E-state index contributed by atoms with van der Waals surface area (Å²) in [5, 5.41) is 0. The van der Waals surface area contributed by atoms with Crippen LogP contribution in [0.5, 0.6) is 0 Å². The van der Waals surface area contributed by atoms with Gasteiger partial charge in [0.1, 0.15) is 0 Å². The van der Waals surface area contributed by atoms with E-state index in [1.54, 1.807) is 6.20 Å². The van der Waals surface area contributed by atoms with Crippen LogP contribution < -0.4 is 5.73 Å². The number of hydrogen-bond acceptors (Lipinski definition) is 5. The van der Waals surface area contributed by atoms with Crippen LogP contribution in [0.15, 0.2) is 139 Å². The Hall–Kier alpha value is -4.42. The molecule has 1 aromatic heterocycles. The van der Waals surface area contributed by atoms with E-state index in [1.807, 2.05) is 72.9 Å². The summed E-state index contributed by atoms with van der Waals surface area (Å²) in [5.74, 6) is 0. The zero-order valence-corrected chi connectivity index (χ0v) is 23.1. The molecule has 5 heteroatoms. The second-order valence-electron chi connectivity index (χ2n) is 9.90. The van der Waals surface area contributed by atoms with Gasteiger partial charge in [0, 0.05) is 12.4 Å². The number of ether oxygens (including phenoxy) is 2. The zero-order chi connectivity index (χ0) is 28.1. The summed E-state index contributed by atoms with van der Waals surface area (Å²) < 4.78 is 12.0. The van der Waals surface area contributed by atoms with Gasteiger partial charge in [-0.1, -0.05) is 115 Å². The Bertz CT molecular complexity index is 1470. The first kappa shape index (κ1) is 28.1. The van der Waals surface area contributed by atoms with E-state index in [4.69, 9.17) is 20.2 Å². The summed E-state index contributed by atoms with van der Waals surface area (Å²) in [5.41, 5.74) is 13.8. The highest BCUT2D eigenvalue weighted by Gasteiger charge is 2.10. The third kappa shape index (κ3) is 8.53. The second kappa shape index (κ2) is 14.8. The van der Waals surface area contributed by atoms with Gasteiger partial charge in [-0.2, -0.15) is 0 Å². The third-order valence-corrected chi connectivity index (χ3v) is 6.84. The van der Waals surface area contributed by atoms with Gasteiger partial charge in [0.25, 0.3) is 0 Å². The van der Waals surface area contributed by atoms with E-state index in [-0.39, 0.29) is 12.1 Å². The van der Waals surface area contributed by atoms with Crippen LogP contribution in [0.25, 0.3) is 11.1 Å². The summed E-state index contributed by atoms with van der Waals surface area (Å²) in [4.78, 5) is 9.11. The standard InChI is InChI=1S/C36H35N3O2/c37-35(32-9-3-1-4-10-32)26-40-24-28-14-18-30(19-15-28)31-20-16-29(17-21-31)25-41-27-36(33-11-5-2-6-12-33)39-23-34-13-7-8-22-38-34/h1-23,35-36H,24-27,37H2/b39-23+/t35?,36-/m0/s1. The minimum absolute atomic E-state index is 0.103. The third-order valence-electron chi connectivity index (χ3n) is 6.84. The van der Waals surface area contributed by atoms with Crippen LogP contribution in [-0.2, 0) is 22.7 Å². The van der Waals surface area contributed by atoms with Gasteiger partial charge in [-0.25, -0.2) is 0 Å². The average Bonchev–Trinajstić information content (AvgIpc) is 3.04. The molecule has 4 aromatic carbocycles. The van der Waals surface area contributed by atoms with Crippen LogP contribution in [0.1, 0.15) is 40.0 Å². The fourth-order valence-electron chi connectivity index (χ4n) is 4.49. The molecule has 5 nitrogen and oxygen atoms in total. The van der Waals surface area contributed by atoms with E-state index in [2.05, 4.69) is 65.6 Å². The highest BCUT2D eigenvalue weighted by atomic mass is 16.5. The monoisotopic (exact) mass is 541 g/mol. The maximum Gasteiger partial charge on any atom is 0.0983 e. The second-order valence-corrected chi connectivity index (χ2v) is 9.90. The first-order valence-electron chi connectivity index (χ1n) is 13.9. The lowest BCUT2D eigenvalue weighted by Crippen LogP contribution is -2.16. The molecule has 0 saturated carbocycles. The van der Waals surface area contributed by atoms with Crippen LogP contribution in [-0.4, -0.2) is 24.4 Å². The van der Waals surface area contributed by atoms with E-state index < -0.39 is 0 Å². The van der Waals surface area contributed by atoms with E-state index in [0.717, 1.165) is 39.1 Å². The predicted molar refractivity (Wildman–Crippen MR) is 166 cm³/mol. The number of rotatable bonds is 13. The number of aliphatic imine (C=N–C) groups is 1. The van der Waals surface area contributed by atoms with Crippen molar-refractivity contribution in [3.8, 4) is 11.1 Å². The molecule has 2 atom stereocenters. The quantitative estimate of drug-likeness (QED) is 0.158. The SMILES string of the molecule is NC(COCc1ccc(-c2ccc(COC[C@H](/N=C/c3ccccn3)c3ccccc3)cc2)cc1)c1ccccc1. The van der Waals surface area contributed by atoms with E-state index in [9.17, 15) is 0 Å². The molecule has 1 unspecified atom stereocenters. The lowest BCUT2D eigenvalue weighted by Gasteiger charge is -2.14. The van der Waals surface area contributed by atoms with Gasteiger partial charge in [0.2, 0.25) is 0 Å². The summed E-state index contributed by atoms with van der Waals surface area (Å²) in [6, 6.07) is 42.8. The van der Waals surface area contributed by atoms with Gasteiger partial charge >= 0.3 is 0 Å². The molecule has 0 aliphatic carbocycles. The molecule has 0 amide bonds. The van der Waals surface area contributed by atoms with Gasteiger partial charge in [-0.15, -0.1) is 0 Å². The van der Waals surface area contributed by atoms with E-state index in [0.29, 0.717) is 26.4 Å². The fourth-order valence-corrected chi connectivity index (χ4v) is 4.49. The smallest absolute Gasteiger partial charge is 0.0983 e. The van der Waals surface area contributed by atoms with Crippen molar-refractivity contribution in [2.24, 2.45) is 10.7 Å². The Morgan fingerprint density at radius 3 is 1.71 bits per heavy atom. The molecule has 206 valence electrons. The number of hydrogen-bond donors (Lipinski definition) is 1. The number of benzene rings is 4. The molecule has 5 rings (SSSR count). The lowest BCUT2D eigenvalue weighted by molar-refractivity contribution is 0.108. The molecule has 0 radical (unpaired) electrons. The van der Waals surface area contributed by atoms with E-state index >= 15 is 0 Å². The first-order chi connectivity index (χ1) is 20.2. The van der Waals surface area contributed by atoms with Crippen molar-refractivity contribution in [1.29, 1.82) is 0 Å². The topological polar surface area (TPSA) is 69.7 Å². The minimum atomic E-state index is -0.124. The van der Waals surface area contributed by atoms with Crippen molar-refractivity contribution >= 4 is 6.21 Å². The van der Waals surface area contributed by atoms with Gasteiger partial charge < -0.3 is 15.2 Å². The van der Waals surface area contributed by atoms with Crippen molar-refractivity contribution in [3.63, 3.8) is 0 Å². The number of pyridine rings is 1. The Balaban J connectivity index is 1.11. The molecule has 41 heavy (non-hydrogen) atoms. The summed E-state index contributed by atoms with van der Waals surface area (Å²) in [6.45, 7) is 2.02. The molecular formula is C36H35N3O2.